The van der Waals surface area contributed by atoms with Crippen molar-refractivity contribution in [3.05, 3.63) is 53.7 Å². The SMILES string of the molecule is CCCCNc1ncc(C(=O)NCC2C=CC(c3ccc(OC)cc3)=NC2)c(N[C@H]2CC[C@H](O)CC2)n1. The molecule has 0 saturated heterocycles. The number of carbonyl (C=O) groups is 1. The lowest BCUT2D eigenvalue weighted by atomic mass is 9.93. The van der Waals surface area contributed by atoms with Gasteiger partial charge in [0.1, 0.15) is 17.1 Å². The number of allylic oxidation sites excluding steroid dienone is 1. The zero-order valence-corrected chi connectivity index (χ0v) is 21.7. The van der Waals surface area contributed by atoms with Crippen LogP contribution in [-0.4, -0.2) is 65.6 Å². The lowest BCUT2D eigenvalue weighted by Crippen LogP contribution is -2.33. The summed E-state index contributed by atoms with van der Waals surface area (Å²) in [5.74, 6) is 1.76. The van der Waals surface area contributed by atoms with Gasteiger partial charge in [-0.1, -0.05) is 19.4 Å². The van der Waals surface area contributed by atoms with Crippen molar-refractivity contribution in [2.75, 3.05) is 37.4 Å². The molecule has 2 heterocycles. The van der Waals surface area contributed by atoms with Crippen molar-refractivity contribution < 1.29 is 14.6 Å². The molecule has 198 valence electrons. The van der Waals surface area contributed by atoms with Crippen LogP contribution in [0, 0.1) is 5.92 Å². The molecule has 1 amide bonds. The van der Waals surface area contributed by atoms with Gasteiger partial charge in [-0.2, -0.15) is 4.98 Å². The zero-order chi connectivity index (χ0) is 26.0. The molecule has 1 saturated carbocycles. The molecule has 1 aromatic heterocycles. The molecule has 1 atom stereocenters. The van der Waals surface area contributed by atoms with Crippen LogP contribution in [0.3, 0.4) is 0 Å². The van der Waals surface area contributed by atoms with Crippen molar-refractivity contribution in [2.45, 2.75) is 57.6 Å². The van der Waals surface area contributed by atoms with E-state index in [-0.39, 0.29) is 24.0 Å². The lowest BCUT2D eigenvalue weighted by molar-refractivity contribution is 0.0949. The summed E-state index contributed by atoms with van der Waals surface area (Å²) in [7, 11) is 1.65. The van der Waals surface area contributed by atoms with Crippen molar-refractivity contribution in [1.82, 2.24) is 15.3 Å². The molecule has 0 spiro atoms. The number of nitrogens with zero attached hydrogens (tertiary/aromatic N) is 3. The summed E-state index contributed by atoms with van der Waals surface area (Å²) in [5, 5.41) is 19.6. The number of carbonyl (C=O) groups excluding carboxylic acids is 1. The summed E-state index contributed by atoms with van der Waals surface area (Å²) in [6.45, 7) is 3.99. The molecule has 1 aliphatic carbocycles. The summed E-state index contributed by atoms with van der Waals surface area (Å²) in [4.78, 5) is 26.9. The van der Waals surface area contributed by atoms with Crippen LogP contribution in [0.25, 0.3) is 0 Å². The number of aliphatic hydroxyl groups excluding tert-OH is 1. The Kier molecular flexibility index (Phi) is 9.48. The highest BCUT2D eigenvalue weighted by Crippen LogP contribution is 2.24. The molecule has 37 heavy (non-hydrogen) atoms. The summed E-state index contributed by atoms with van der Waals surface area (Å²) >= 11 is 0. The van der Waals surface area contributed by atoms with E-state index >= 15 is 0 Å². The minimum Gasteiger partial charge on any atom is -0.497 e. The average molecular weight is 507 g/mol. The van der Waals surface area contributed by atoms with Gasteiger partial charge in [0.15, 0.2) is 0 Å². The smallest absolute Gasteiger partial charge is 0.256 e. The topological polar surface area (TPSA) is 121 Å². The third-order valence-electron chi connectivity index (χ3n) is 6.82. The Hall–Kier alpha value is -3.46. The van der Waals surface area contributed by atoms with Gasteiger partial charge in [0, 0.05) is 37.8 Å². The number of aliphatic hydroxyl groups is 1. The summed E-state index contributed by atoms with van der Waals surface area (Å²) < 4.78 is 5.22. The van der Waals surface area contributed by atoms with E-state index in [4.69, 9.17) is 9.73 Å². The highest BCUT2D eigenvalue weighted by Gasteiger charge is 2.23. The maximum absolute atomic E-state index is 13.2. The van der Waals surface area contributed by atoms with Crippen molar-refractivity contribution in [3.63, 3.8) is 0 Å². The molecular weight excluding hydrogens is 468 g/mol. The summed E-state index contributed by atoms with van der Waals surface area (Å²) in [6, 6.07) is 8.00. The minimum absolute atomic E-state index is 0.109. The Bertz CT molecular complexity index is 1090. The molecule has 1 aliphatic heterocycles. The van der Waals surface area contributed by atoms with E-state index in [0.717, 1.165) is 62.1 Å². The number of anilines is 2. The van der Waals surface area contributed by atoms with Crippen molar-refractivity contribution >= 4 is 23.4 Å². The molecule has 9 heteroatoms. The first-order valence-electron chi connectivity index (χ1n) is 13.3. The van der Waals surface area contributed by atoms with Gasteiger partial charge in [0.2, 0.25) is 5.95 Å². The second-order valence-electron chi connectivity index (χ2n) is 9.67. The van der Waals surface area contributed by atoms with E-state index in [0.29, 0.717) is 30.4 Å². The average Bonchev–Trinajstić information content (AvgIpc) is 2.94. The first-order chi connectivity index (χ1) is 18.1. The van der Waals surface area contributed by atoms with Crippen molar-refractivity contribution in [1.29, 1.82) is 0 Å². The first kappa shape index (κ1) is 26.6. The number of ether oxygens (including phenoxy) is 1. The molecule has 1 aromatic carbocycles. The van der Waals surface area contributed by atoms with Crippen LogP contribution in [-0.2, 0) is 0 Å². The fourth-order valence-corrected chi connectivity index (χ4v) is 4.49. The number of methoxy groups -OCH3 is 1. The van der Waals surface area contributed by atoms with Gasteiger partial charge in [0.05, 0.1) is 18.9 Å². The number of hydrogen-bond acceptors (Lipinski definition) is 8. The monoisotopic (exact) mass is 506 g/mol. The maximum Gasteiger partial charge on any atom is 0.256 e. The van der Waals surface area contributed by atoms with Crippen LogP contribution in [0.2, 0.25) is 0 Å². The molecule has 4 N–H and O–H groups in total. The number of nitrogens with one attached hydrogen (secondary N) is 3. The number of benzene rings is 1. The molecule has 1 unspecified atom stereocenters. The number of aromatic nitrogens is 2. The molecule has 2 aromatic rings. The fraction of sp³-hybridized carbons (Fsp3) is 0.500. The van der Waals surface area contributed by atoms with Gasteiger partial charge in [-0.3, -0.25) is 9.79 Å². The molecule has 9 nitrogen and oxygen atoms in total. The lowest BCUT2D eigenvalue weighted by Gasteiger charge is -2.27. The van der Waals surface area contributed by atoms with Crippen LogP contribution in [0.5, 0.6) is 5.75 Å². The Labute approximate surface area is 218 Å². The van der Waals surface area contributed by atoms with Crippen LogP contribution in [0.1, 0.15) is 61.4 Å². The van der Waals surface area contributed by atoms with Gasteiger partial charge in [-0.05, 0) is 68.0 Å². The quantitative estimate of drug-likeness (QED) is 0.342. The normalized spacial score (nSPS) is 21.2. The Morgan fingerprint density at radius 3 is 2.62 bits per heavy atom. The van der Waals surface area contributed by atoms with E-state index in [9.17, 15) is 9.90 Å². The number of unbranched alkanes of at least 4 members (excludes halogenated alkanes) is 1. The molecule has 0 radical (unpaired) electrons. The molecule has 1 fully saturated rings. The van der Waals surface area contributed by atoms with E-state index < -0.39 is 0 Å². The van der Waals surface area contributed by atoms with Crippen molar-refractivity contribution in [2.24, 2.45) is 10.9 Å². The van der Waals surface area contributed by atoms with Gasteiger partial charge < -0.3 is 25.8 Å². The first-order valence-corrected chi connectivity index (χ1v) is 13.3. The number of rotatable bonds is 11. The second-order valence-corrected chi connectivity index (χ2v) is 9.67. The van der Waals surface area contributed by atoms with Crippen LogP contribution in [0.4, 0.5) is 11.8 Å². The minimum atomic E-state index is -0.242. The Morgan fingerprint density at radius 2 is 1.95 bits per heavy atom. The van der Waals surface area contributed by atoms with E-state index in [1.807, 2.05) is 30.3 Å². The Morgan fingerprint density at radius 1 is 1.16 bits per heavy atom. The van der Waals surface area contributed by atoms with E-state index in [1.54, 1.807) is 13.3 Å². The molecular formula is C28H38N6O3. The summed E-state index contributed by atoms with van der Waals surface area (Å²) in [6.07, 6.45) is 10.7. The fourth-order valence-electron chi connectivity index (χ4n) is 4.49. The molecule has 0 bridgehead atoms. The molecule has 2 aliphatic rings. The third-order valence-corrected chi connectivity index (χ3v) is 6.82. The van der Waals surface area contributed by atoms with Crippen LogP contribution in [0.15, 0.2) is 47.6 Å². The van der Waals surface area contributed by atoms with E-state index in [1.165, 1.54) is 0 Å². The van der Waals surface area contributed by atoms with Gasteiger partial charge >= 0.3 is 0 Å². The maximum atomic E-state index is 13.2. The van der Waals surface area contributed by atoms with Gasteiger partial charge in [0.25, 0.3) is 5.91 Å². The standard InChI is InChI=1S/C28H38N6O3/c1-3-4-15-29-28-32-18-24(26(34-28)33-21-8-10-22(35)11-9-21)27(36)31-17-19-5-14-25(30-16-19)20-6-12-23(37-2)13-7-20/h5-7,12-14,18-19,21-22,35H,3-4,8-11,15-17H2,1-2H3,(H,31,36)(H2,29,32,33,34)/t19?,21-,22-. The second kappa shape index (κ2) is 13.2. The number of aliphatic imine (C=N–C) groups is 1. The van der Waals surface area contributed by atoms with E-state index in [2.05, 4.69) is 38.9 Å². The largest absolute Gasteiger partial charge is 0.497 e. The molecule has 4 rings (SSSR count). The summed E-state index contributed by atoms with van der Waals surface area (Å²) in [5.41, 5.74) is 2.39. The highest BCUT2D eigenvalue weighted by molar-refractivity contribution is 6.09. The van der Waals surface area contributed by atoms with Crippen molar-refractivity contribution in [3.8, 4) is 5.75 Å². The van der Waals surface area contributed by atoms with Gasteiger partial charge in [-0.15, -0.1) is 0 Å². The predicted octanol–water partition coefficient (Wildman–Crippen LogP) is 3.82. The predicted molar refractivity (Wildman–Crippen MR) is 147 cm³/mol. The number of dihydropyridines is 1. The number of hydrogen-bond donors (Lipinski definition) is 4. The zero-order valence-electron chi connectivity index (χ0n) is 21.7. The number of amides is 1. The highest BCUT2D eigenvalue weighted by atomic mass is 16.5. The Balaban J connectivity index is 1.37. The van der Waals surface area contributed by atoms with Crippen LogP contribution >= 0.6 is 0 Å². The third kappa shape index (κ3) is 7.52. The van der Waals surface area contributed by atoms with Crippen LogP contribution < -0.4 is 20.7 Å². The van der Waals surface area contributed by atoms with Gasteiger partial charge in [-0.25, -0.2) is 4.98 Å².